The van der Waals surface area contributed by atoms with Gasteiger partial charge >= 0.3 is 0 Å². The number of nitro groups is 1. The molecule has 6 nitrogen and oxygen atoms in total. The van der Waals surface area contributed by atoms with E-state index in [4.69, 9.17) is 11.6 Å². The van der Waals surface area contributed by atoms with Crippen LogP contribution in [0.5, 0.6) is 0 Å². The number of hydrogen-bond acceptors (Lipinski definition) is 4. The summed E-state index contributed by atoms with van der Waals surface area (Å²) >= 11 is 5.77. The average molecular weight is 279 g/mol. The van der Waals surface area contributed by atoms with Gasteiger partial charge in [-0.3, -0.25) is 10.1 Å². The van der Waals surface area contributed by atoms with Gasteiger partial charge in [0.1, 0.15) is 0 Å². The van der Waals surface area contributed by atoms with Crippen molar-refractivity contribution in [1.82, 2.24) is 4.72 Å². The summed E-state index contributed by atoms with van der Waals surface area (Å²) in [5.41, 5.74) is -0.0684. The molecular weight excluding hydrogens is 268 g/mol. The Bertz CT molecular complexity index is 556. The number of sulfonamides is 1. The quantitative estimate of drug-likeness (QED) is 0.672. The van der Waals surface area contributed by atoms with E-state index >= 15 is 0 Å². The molecule has 17 heavy (non-hydrogen) atoms. The standard InChI is InChI=1S/C9H11ClN2O4S/c1-3-11-17(15,16)7-4-8(10)6(2)9(5-7)12(13)14/h4-5,11H,3H2,1-2H3. The minimum absolute atomic E-state index is 0.0516. The van der Waals surface area contributed by atoms with Crippen LogP contribution in [0.1, 0.15) is 12.5 Å². The predicted molar refractivity (Wildman–Crippen MR) is 63.7 cm³/mol. The minimum atomic E-state index is -3.74. The van der Waals surface area contributed by atoms with Crippen LogP contribution in [-0.2, 0) is 10.0 Å². The summed E-state index contributed by atoms with van der Waals surface area (Å²) in [5.74, 6) is 0. The summed E-state index contributed by atoms with van der Waals surface area (Å²) in [6, 6.07) is 2.20. The number of hydrogen-bond donors (Lipinski definition) is 1. The molecule has 0 aliphatic carbocycles. The van der Waals surface area contributed by atoms with E-state index in [9.17, 15) is 18.5 Å². The van der Waals surface area contributed by atoms with Gasteiger partial charge in [-0.1, -0.05) is 18.5 Å². The van der Waals surface area contributed by atoms with E-state index in [1.165, 1.54) is 13.0 Å². The molecule has 0 saturated heterocycles. The van der Waals surface area contributed by atoms with Gasteiger partial charge in [0.05, 0.1) is 14.8 Å². The van der Waals surface area contributed by atoms with Crippen molar-refractivity contribution in [3.63, 3.8) is 0 Å². The maximum absolute atomic E-state index is 11.7. The SMILES string of the molecule is CCNS(=O)(=O)c1cc(Cl)c(C)c([N+](=O)[O-])c1. The number of nitro benzene ring substituents is 1. The molecule has 94 valence electrons. The molecule has 0 atom stereocenters. The Balaban J connectivity index is 3.44. The zero-order valence-electron chi connectivity index (χ0n) is 9.23. The Hall–Kier alpha value is -1.18. The highest BCUT2D eigenvalue weighted by Gasteiger charge is 2.21. The number of nitrogens with one attached hydrogen (secondary N) is 1. The van der Waals surface area contributed by atoms with Crippen molar-refractivity contribution >= 4 is 27.3 Å². The first-order valence-corrected chi connectivity index (χ1v) is 6.60. The van der Waals surface area contributed by atoms with Crippen LogP contribution in [0.2, 0.25) is 5.02 Å². The number of rotatable bonds is 4. The lowest BCUT2D eigenvalue weighted by molar-refractivity contribution is -0.385. The third kappa shape index (κ3) is 2.93. The fourth-order valence-electron chi connectivity index (χ4n) is 1.26. The van der Waals surface area contributed by atoms with E-state index in [0.29, 0.717) is 0 Å². The maximum Gasteiger partial charge on any atom is 0.275 e. The first-order valence-electron chi connectivity index (χ1n) is 4.73. The average Bonchev–Trinajstić information content (AvgIpc) is 2.21. The molecule has 0 fully saturated rings. The number of nitrogens with zero attached hydrogens (tertiary/aromatic N) is 1. The van der Waals surface area contributed by atoms with Crippen LogP contribution in [0.25, 0.3) is 0 Å². The Morgan fingerprint density at radius 2 is 2.06 bits per heavy atom. The Labute approximate surface area is 104 Å². The normalized spacial score (nSPS) is 11.5. The van der Waals surface area contributed by atoms with Crippen LogP contribution in [0.4, 0.5) is 5.69 Å². The van der Waals surface area contributed by atoms with Crippen molar-refractivity contribution in [2.75, 3.05) is 6.54 Å². The lowest BCUT2D eigenvalue weighted by atomic mass is 10.2. The molecule has 0 saturated carbocycles. The van der Waals surface area contributed by atoms with Crippen LogP contribution in [0.15, 0.2) is 17.0 Å². The topological polar surface area (TPSA) is 89.3 Å². The molecule has 0 bridgehead atoms. The fourth-order valence-corrected chi connectivity index (χ4v) is 2.62. The molecule has 1 aromatic rings. The third-order valence-electron chi connectivity index (χ3n) is 2.13. The second-order valence-electron chi connectivity index (χ2n) is 3.31. The van der Waals surface area contributed by atoms with Crippen molar-refractivity contribution < 1.29 is 13.3 Å². The van der Waals surface area contributed by atoms with Crippen molar-refractivity contribution in [3.05, 3.63) is 32.8 Å². The van der Waals surface area contributed by atoms with Crippen molar-refractivity contribution in [3.8, 4) is 0 Å². The summed E-state index contributed by atoms with van der Waals surface area (Å²) < 4.78 is 25.6. The first kappa shape index (κ1) is 13.9. The molecule has 0 spiro atoms. The van der Waals surface area contributed by atoms with E-state index in [0.717, 1.165) is 6.07 Å². The van der Waals surface area contributed by atoms with Crippen molar-refractivity contribution in [1.29, 1.82) is 0 Å². The summed E-state index contributed by atoms with van der Waals surface area (Å²) in [4.78, 5) is 9.88. The summed E-state index contributed by atoms with van der Waals surface area (Å²) in [5, 5.41) is 10.8. The van der Waals surface area contributed by atoms with Gasteiger partial charge in [0.25, 0.3) is 5.69 Å². The van der Waals surface area contributed by atoms with Gasteiger partial charge in [-0.05, 0) is 13.0 Å². The smallest absolute Gasteiger partial charge is 0.258 e. The van der Waals surface area contributed by atoms with Crippen LogP contribution >= 0.6 is 11.6 Å². The fraction of sp³-hybridized carbons (Fsp3) is 0.333. The highest BCUT2D eigenvalue weighted by molar-refractivity contribution is 7.89. The van der Waals surface area contributed by atoms with Gasteiger partial charge in [-0.15, -0.1) is 0 Å². The minimum Gasteiger partial charge on any atom is -0.258 e. The van der Waals surface area contributed by atoms with Crippen molar-refractivity contribution in [2.45, 2.75) is 18.7 Å². The molecule has 1 aromatic carbocycles. The highest BCUT2D eigenvalue weighted by atomic mass is 35.5. The Morgan fingerprint density at radius 1 is 1.47 bits per heavy atom. The van der Waals surface area contributed by atoms with Gasteiger partial charge in [0.15, 0.2) is 0 Å². The van der Waals surface area contributed by atoms with Crippen LogP contribution in [-0.4, -0.2) is 19.9 Å². The lowest BCUT2D eigenvalue weighted by Gasteiger charge is -2.07. The third-order valence-corrected chi connectivity index (χ3v) is 4.05. The van der Waals surface area contributed by atoms with Gasteiger partial charge in [-0.25, -0.2) is 13.1 Å². The highest BCUT2D eigenvalue weighted by Crippen LogP contribution is 2.29. The number of benzene rings is 1. The predicted octanol–water partition coefficient (Wildman–Crippen LogP) is 1.85. The van der Waals surface area contributed by atoms with E-state index in [1.807, 2.05) is 0 Å². The second kappa shape index (κ2) is 4.99. The zero-order chi connectivity index (χ0) is 13.2. The maximum atomic E-state index is 11.7. The van der Waals surface area contributed by atoms with Gasteiger partial charge in [0.2, 0.25) is 10.0 Å². The molecule has 0 unspecified atom stereocenters. The molecule has 8 heteroatoms. The Kier molecular flexibility index (Phi) is 4.07. The van der Waals surface area contributed by atoms with Crippen LogP contribution in [0.3, 0.4) is 0 Å². The van der Waals surface area contributed by atoms with Gasteiger partial charge < -0.3 is 0 Å². The molecule has 0 aliphatic rings. The summed E-state index contributed by atoms with van der Waals surface area (Å²) in [7, 11) is -3.74. The molecule has 0 aliphatic heterocycles. The first-order chi connectivity index (χ1) is 7.79. The van der Waals surface area contributed by atoms with Crippen LogP contribution < -0.4 is 4.72 Å². The molecule has 0 amide bonds. The van der Waals surface area contributed by atoms with E-state index < -0.39 is 14.9 Å². The summed E-state index contributed by atoms with van der Waals surface area (Å²) in [6.07, 6.45) is 0. The largest absolute Gasteiger partial charge is 0.275 e. The van der Waals surface area contributed by atoms with E-state index in [-0.39, 0.29) is 27.7 Å². The Morgan fingerprint density at radius 3 is 2.53 bits per heavy atom. The zero-order valence-corrected chi connectivity index (χ0v) is 10.8. The van der Waals surface area contributed by atoms with E-state index in [2.05, 4.69) is 4.72 Å². The van der Waals surface area contributed by atoms with E-state index in [1.54, 1.807) is 6.92 Å². The lowest BCUT2D eigenvalue weighted by Crippen LogP contribution is -2.23. The second-order valence-corrected chi connectivity index (χ2v) is 5.48. The molecule has 1 N–H and O–H groups in total. The molecule has 0 radical (unpaired) electrons. The monoisotopic (exact) mass is 278 g/mol. The number of halogens is 1. The molecule has 0 heterocycles. The molecule has 1 rings (SSSR count). The van der Waals surface area contributed by atoms with Gasteiger partial charge in [0, 0.05) is 18.2 Å². The van der Waals surface area contributed by atoms with Gasteiger partial charge in [-0.2, -0.15) is 0 Å². The molecule has 0 aromatic heterocycles. The van der Waals surface area contributed by atoms with Crippen molar-refractivity contribution in [2.24, 2.45) is 0 Å². The van der Waals surface area contributed by atoms with Crippen LogP contribution in [0, 0.1) is 17.0 Å². The molecular formula is C9H11ClN2O4S. The summed E-state index contributed by atoms with van der Waals surface area (Å²) in [6.45, 7) is 3.27.